The van der Waals surface area contributed by atoms with Gasteiger partial charge in [0.15, 0.2) is 11.5 Å². The third kappa shape index (κ3) is 5.50. The molecule has 7 nitrogen and oxygen atoms in total. The molecule has 10 heteroatoms. The van der Waals surface area contributed by atoms with Crippen LogP contribution < -0.4 is 19.7 Å². The Hall–Kier alpha value is -3.88. The molecular weight excluding hydrogens is 510 g/mol. The van der Waals surface area contributed by atoms with Crippen LogP contribution in [0.5, 0.6) is 11.5 Å². The summed E-state index contributed by atoms with van der Waals surface area (Å²) in [7, 11) is 0. The standard InChI is InChI=1S/C26H19Cl2FN2O5/c1-2-35-22-13-16(12-21(28)23(22)36-14-15-3-5-17(27)6-4-15)11-20-24(32)30-26(34)31(25(20)33)19-9-7-18(29)8-10-19/h3-13H,2,14H2,1H3,(H,30,32,34)/b20-11+. The molecule has 1 aliphatic heterocycles. The number of hydrogen-bond donors (Lipinski definition) is 1. The van der Waals surface area contributed by atoms with Gasteiger partial charge in [0.2, 0.25) is 0 Å². The fraction of sp³-hybridized carbons (Fsp3) is 0.115. The van der Waals surface area contributed by atoms with Gasteiger partial charge in [-0.15, -0.1) is 0 Å². The molecule has 36 heavy (non-hydrogen) atoms. The number of urea groups is 1. The van der Waals surface area contributed by atoms with Crippen molar-refractivity contribution in [3.05, 3.63) is 93.2 Å². The monoisotopic (exact) mass is 528 g/mol. The van der Waals surface area contributed by atoms with Crippen LogP contribution in [-0.2, 0) is 16.2 Å². The number of imide groups is 2. The Morgan fingerprint density at radius 3 is 2.33 bits per heavy atom. The van der Waals surface area contributed by atoms with E-state index in [2.05, 4.69) is 5.32 Å². The first kappa shape index (κ1) is 25.2. The Morgan fingerprint density at radius 1 is 0.972 bits per heavy atom. The molecule has 3 aromatic carbocycles. The number of anilines is 1. The predicted molar refractivity (Wildman–Crippen MR) is 134 cm³/mol. The molecule has 0 bridgehead atoms. The van der Waals surface area contributed by atoms with Crippen molar-refractivity contribution in [3.8, 4) is 11.5 Å². The first-order valence-corrected chi connectivity index (χ1v) is 11.5. The maximum absolute atomic E-state index is 13.3. The highest BCUT2D eigenvalue weighted by Gasteiger charge is 2.36. The fourth-order valence-electron chi connectivity index (χ4n) is 3.46. The topological polar surface area (TPSA) is 84.9 Å². The normalized spacial score (nSPS) is 14.7. The number of nitrogens with zero attached hydrogens (tertiary/aromatic N) is 1. The van der Waals surface area contributed by atoms with Crippen LogP contribution in [0.15, 0.2) is 66.2 Å². The zero-order chi connectivity index (χ0) is 25.8. The van der Waals surface area contributed by atoms with Crippen molar-refractivity contribution in [2.75, 3.05) is 11.5 Å². The summed E-state index contributed by atoms with van der Waals surface area (Å²) in [5.41, 5.74) is 1.02. The van der Waals surface area contributed by atoms with E-state index < -0.39 is 23.7 Å². The van der Waals surface area contributed by atoms with Crippen molar-refractivity contribution in [2.24, 2.45) is 0 Å². The molecule has 4 rings (SSSR count). The molecule has 1 heterocycles. The van der Waals surface area contributed by atoms with E-state index in [1.165, 1.54) is 24.3 Å². The minimum absolute atomic E-state index is 0.108. The minimum atomic E-state index is -0.937. The predicted octanol–water partition coefficient (Wildman–Crippen LogP) is 5.78. The summed E-state index contributed by atoms with van der Waals surface area (Å²) < 4.78 is 24.9. The van der Waals surface area contributed by atoms with E-state index in [0.717, 1.165) is 22.6 Å². The minimum Gasteiger partial charge on any atom is -0.490 e. The van der Waals surface area contributed by atoms with Gasteiger partial charge in [-0.3, -0.25) is 14.9 Å². The summed E-state index contributed by atoms with van der Waals surface area (Å²) >= 11 is 12.4. The number of carbonyl (C=O) groups is 3. The lowest BCUT2D eigenvalue weighted by Crippen LogP contribution is -2.54. The van der Waals surface area contributed by atoms with Crippen LogP contribution in [0.2, 0.25) is 10.0 Å². The summed E-state index contributed by atoms with van der Waals surface area (Å²) in [6, 6.07) is 14.0. The van der Waals surface area contributed by atoms with Gasteiger partial charge in [-0.25, -0.2) is 14.1 Å². The van der Waals surface area contributed by atoms with Gasteiger partial charge in [-0.05, 0) is 72.7 Å². The first-order chi connectivity index (χ1) is 17.3. The van der Waals surface area contributed by atoms with Crippen LogP contribution in [0.25, 0.3) is 6.08 Å². The number of rotatable bonds is 7. The van der Waals surface area contributed by atoms with E-state index in [0.29, 0.717) is 22.9 Å². The molecule has 1 fully saturated rings. The van der Waals surface area contributed by atoms with E-state index in [-0.39, 0.29) is 28.6 Å². The third-order valence-electron chi connectivity index (χ3n) is 5.13. The smallest absolute Gasteiger partial charge is 0.335 e. The van der Waals surface area contributed by atoms with Crippen molar-refractivity contribution in [1.82, 2.24) is 5.32 Å². The van der Waals surface area contributed by atoms with E-state index in [1.807, 2.05) is 12.1 Å². The van der Waals surface area contributed by atoms with Crippen molar-refractivity contribution < 1.29 is 28.2 Å². The highest BCUT2D eigenvalue weighted by Crippen LogP contribution is 2.38. The summed E-state index contributed by atoms with van der Waals surface area (Å²) in [4.78, 5) is 38.6. The molecule has 0 aliphatic carbocycles. The number of nitrogens with one attached hydrogen (secondary N) is 1. The van der Waals surface area contributed by atoms with Crippen LogP contribution in [0.1, 0.15) is 18.1 Å². The molecule has 3 aromatic rings. The number of hydrogen-bond acceptors (Lipinski definition) is 5. The Kier molecular flexibility index (Phi) is 7.57. The Bertz CT molecular complexity index is 1360. The highest BCUT2D eigenvalue weighted by atomic mass is 35.5. The molecule has 0 unspecified atom stereocenters. The van der Waals surface area contributed by atoms with Gasteiger partial charge >= 0.3 is 6.03 Å². The summed E-state index contributed by atoms with van der Waals surface area (Å²) in [5, 5.41) is 2.91. The van der Waals surface area contributed by atoms with Crippen molar-refractivity contribution in [1.29, 1.82) is 0 Å². The van der Waals surface area contributed by atoms with E-state index in [9.17, 15) is 18.8 Å². The Labute approximate surface area is 216 Å². The number of barbiturate groups is 1. The summed E-state index contributed by atoms with van der Waals surface area (Å²) in [6.07, 6.45) is 1.29. The van der Waals surface area contributed by atoms with Crippen LogP contribution in [0, 0.1) is 5.82 Å². The van der Waals surface area contributed by atoms with Crippen molar-refractivity contribution in [2.45, 2.75) is 13.5 Å². The number of benzene rings is 3. The van der Waals surface area contributed by atoms with Gasteiger partial charge in [-0.1, -0.05) is 35.3 Å². The lowest BCUT2D eigenvalue weighted by molar-refractivity contribution is -0.122. The van der Waals surface area contributed by atoms with Gasteiger partial charge in [0, 0.05) is 5.02 Å². The van der Waals surface area contributed by atoms with Gasteiger partial charge in [0.1, 0.15) is 18.0 Å². The number of halogens is 3. The molecule has 0 aromatic heterocycles. The Morgan fingerprint density at radius 2 is 1.67 bits per heavy atom. The largest absolute Gasteiger partial charge is 0.490 e. The van der Waals surface area contributed by atoms with Crippen molar-refractivity contribution in [3.63, 3.8) is 0 Å². The zero-order valence-electron chi connectivity index (χ0n) is 18.9. The SMILES string of the molecule is CCOc1cc(/C=C2\C(=O)NC(=O)N(c3ccc(F)cc3)C2=O)cc(Cl)c1OCc1ccc(Cl)cc1. The Balaban J connectivity index is 1.65. The lowest BCUT2D eigenvalue weighted by Gasteiger charge is -2.26. The average Bonchev–Trinajstić information content (AvgIpc) is 2.83. The zero-order valence-corrected chi connectivity index (χ0v) is 20.4. The molecule has 4 amide bonds. The molecule has 0 radical (unpaired) electrons. The second-order valence-corrected chi connectivity index (χ2v) is 8.46. The molecule has 0 saturated carbocycles. The lowest BCUT2D eigenvalue weighted by atomic mass is 10.1. The molecule has 0 spiro atoms. The van der Waals surface area contributed by atoms with Crippen LogP contribution in [0.3, 0.4) is 0 Å². The van der Waals surface area contributed by atoms with Gasteiger partial charge in [-0.2, -0.15) is 0 Å². The summed E-state index contributed by atoms with van der Waals surface area (Å²) in [5.74, 6) is -1.68. The van der Waals surface area contributed by atoms with Crippen molar-refractivity contribution >= 4 is 52.8 Å². The molecule has 184 valence electrons. The fourth-order valence-corrected chi connectivity index (χ4v) is 3.86. The first-order valence-electron chi connectivity index (χ1n) is 10.8. The van der Waals surface area contributed by atoms with Crippen LogP contribution in [-0.4, -0.2) is 24.5 Å². The molecule has 1 saturated heterocycles. The van der Waals surface area contributed by atoms with Crippen LogP contribution >= 0.6 is 23.2 Å². The summed E-state index contributed by atoms with van der Waals surface area (Å²) in [6.45, 7) is 2.29. The number of amides is 4. The van der Waals surface area contributed by atoms with E-state index in [1.54, 1.807) is 25.1 Å². The van der Waals surface area contributed by atoms with Crippen LogP contribution in [0.4, 0.5) is 14.9 Å². The highest BCUT2D eigenvalue weighted by molar-refractivity contribution is 6.39. The molecule has 1 N–H and O–H groups in total. The number of ether oxygens (including phenoxy) is 2. The van der Waals surface area contributed by atoms with Gasteiger partial charge in [0.25, 0.3) is 11.8 Å². The second-order valence-electron chi connectivity index (χ2n) is 7.61. The maximum atomic E-state index is 13.3. The van der Waals surface area contributed by atoms with E-state index >= 15 is 0 Å². The molecular formula is C26H19Cl2FN2O5. The van der Waals surface area contributed by atoms with Gasteiger partial charge in [0.05, 0.1) is 17.3 Å². The van der Waals surface area contributed by atoms with Gasteiger partial charge < -0.3 is 9.47 Å². The molecule has 0 atom stereocenters. The molecule has 1 aliphatic rings. The maximum Gasteiger partial charge on any atom is 0.335 e. The quantitative estimate of drug-likeness (QED) is 0.310. The third-order valence-corrected chi connectivity index (χ3v) is 5.66. The van der Waals surface area contributed by atoms with E-state index in [4.69, 9.17) is 32.7 Å². The second kappa shape index (κ2) is 10.8. The number of carbonyl (C=O) groups excluding carboxylic acids is 3. The average molecular weight is 529 g/mol.